The summed E-state index contributed by atoms with van der Waals surface area (Å²) in [6.07, 6.45) is 0. The average Bonchev–Trinajstić information content (AvgIpc) is 2.56. The normalized spacial score (nSPS) is 9.74. The molecule has 142 valence electrons. The fourth-order valence-corrected chi connectivity index (χ4v) is 2.25. The first-order valence-electron chi connectivity index (χ1n) is 6.98. The van der Waals surface area contributed by atoms with Gasteiger partial charge in [-0.25, -0.2) is 19.2 Å². The second-order valence-corrected chi connectivity index (χ2v) is 5.90. The van der Waals surface area contributed by atoms with E-state index in [1.807, 2.05) is 0 Å². The minimum atomic E-state index is -1.31. The molecule has 0 saturated carbocycles. The monoisotopic (exact) mass is 414 g/mol. The lowest BCUT2D eigenvalue weighted by Crippen LogP contribution is -2.08. The Kier molecular flexibility index (Phi) is 7.33. The number of aromatic carboxylic acids is 4. The van der Waals surface area contributed by atoms with Gasteiger partial charge in [0.15, 0.2) is 0 Å². The number of rotatable bonds is 4. The molecule has 4 N–H and O–H groups in total. The van der Waals surface area contributed by atoms with Crippen molar-refractivity contribution in [3.63, 3.8) is 0 Å². The molecule has 0 atom stereocenters. The van der Waals surface area contributed by atoms with Gasteiger partial charge in [-0.15, -0.1) is 0 Å². The highest BCUT2D eigenvalue weighted by atomic mass is 35.5. The Labute approximate surface area is 162 Å². The smallest absolute Gasteiger partial charge is 0.336 e. The fourth-order valence-electron chi connectivity index (χ4n) is 1.92. The van der Waals surface area contributed by atoms with E-state index in [4.69, 9.17) is 43.6 Å². The Balaban J connectivity index is 0.000000271. The van der Waals surface area contributed by atoms with Crippen LogP contribution in [0, 0.1) is 6.92 Å². The number of aryl methyl sites for hydroxylation is 1. The number of carbonyl (C=O) groups is 4. The zero-order valence-corrected chi connectivity index (χ0v) is 15.1. The molecule has 27 heavy (non-hydrogen) atoms. The molecular formula is C17H12Cl2O8. The highest BCUT2D eigenvalue weighted by Gasteiger charge is 2.17. The third-order valence-corrected chi connectivity index (χ3v) is 3.84. The van der Waals surface area contributed by atoms with Crippen molar-refractivity contribution in [1.82, 2.24) is 0 Å². The molecule has 0 fully saturated rings. The number of hydrogen-bond donors (Lipinski definition) is 4. The van der Waals surface area contributed by atoms with E-state index in [0.717, 1.165) is 18.2 Å². The van der Waals surface area contributed by atoms with Crippen LogP contribution in [0.15, 0.2) is 30.3 Å². The summed E-state index contributed by atoms with van der Waals surface area (Å²) in [7, 11) is 0. The molecule has 2 aromatic carbocycles. The van der Waals surface area contributed by atoms with Gasteiger partial charge >= 0.3 is 23.9 Å². The van der Waals surface area contributed by atoms with Crippen LogP contribution in [0.3, 0.4) is 0 Å². The summed E-state index contributed by atoms with van der Waals surface area (Å²) in [6, 6.07) is 5.98. The van der Waals surface area contributed by atoms with Gasteiger partial charge in [0.25, 0.3) is 0 Å². The Morgan fingerprint density at radius 2 is 1.07 bits per heavy atom. The van der Waals surface area contributed by atoms with Gasteiger partial charge in [-0.2, -0.15) is 0 Å². The lowest BCUT2D eigenvalue weighted by atomic mass is 10.0. The Bertz CT molecular complexity index is 898. The van der Waals surface area contributed by atoms with Gasteiger partial charge in [-0.05, 0) is 42.8 Å². The first kappa shape index (κ1) is 21.9. The number of benzene rings is 2. The van der Waals surface area contributed by atoms with E-state index in [2.05, 4.69) is 0 Å². The van der Waals surface area contributed by atoms with Gasteiger partial charge in [0.05, 0.1) is 22.3 Å². The van der Waals surface area contributed by atoms with Crippen LogP contribution in [0.2, 0.25) is 10.0 Å². The lowest BCUT2D eigenvalue weighted by Gasteiger charge is -2.04. The molecule has 2 aromatic rings. The van der Waals surface area contributed by atoms with Crippen LogP contribution in [0.25, 0.3) is 0 Å². The summed E-state index contributed by atoms with van der Waals surface area (Å²) in [5.74, 6) is -5.17. The Hall–Kier alpha value is -3.10. The second kappa shape index (κ2) is 9.02. The van der Waals surface area contributed by atoms with Crippen molar-refractivity contribution in [2.75, 3.05) is 0 Å². The molecule has 0 radical (unpaired) electrons. The zero-order valence-electron chi connectivity index (χ0n) is 13.6. The summed E-state index contributed by atoms with van der Waals surface area (Å²) >= 11 is 11.2. The van der Waals surface area contributed by atoms with Crippen molar-refractivity contribution in [1.29, 1.82) is 0 Å². The molecule has 10 heteroatoms. The predicted octanol–water partition coefficient (Wildman–Crippen LogP) is 3.78. The van der Waals surface area contributed by atoms with Crippen molar-refractivity contribution in [3.8, 4) is 0 Å². The van der Waals surface area contributed by atoms with Gasteiger partial charge in [-0.3, -0.25) is 0 Å². The fraction of sp³-hybridized carbons (Fsp3) is 0.0588. The highest BCUT2D eigenvalue weighted by Crippen LogP contribution is 2.21. The van der Waals surface area contributed by atoms with Crippen LogP contribution in [0.4, 0.5) is 0 Å². The van der Waals surface area contributed by atoms with Crippen molar-refractivity contribution in [2.24, 2.45) is 0 Å². The van der Waals surface area contributed by atoms with Crippen LogP contribution < -0.4 is 0 Å². The molecule has 2 rings (SSSR count). The van der Waals surface area contributed by atoms with Crippen LogP contribution >= 0.6 is 23.2 Å². The largest absolute Gasteiger partial charge is 0.478 e. The second-order valence-electron chi connectivity index (χ2n) is 5.06. The molecule has 0 aliphatic carbocycles. The molecule has 0 bridgehead atoms. The summed E-state index contributed by atoms with van der Waals surface area (Å²) in [5.41, 5.74) is -0.585. The van der Waals surface area contributed by atoms with Crippen LogP contribution in [0.5, 0.6) is 0 Å². The molecule has 0 amide bonds. The van der Waals surface area contributed by atoms with Gasteiger partial charge in [0.2, 0.25) is 0 Å². The van der Waals surface area contributed by atoms with Crippen LogP contribution in [-0.4, -0.2) is 44.3 Å². The van der Waals surface area contributed by atoms with Gasteiger partial charge in [0, 0.05) is 10.0 Å². The van der Waals surface area contributed by atoms with Gasteiger partial charge in [0.1, 0.15) is 0 Å². The standard InChI is InChI=1S/C9H7ClO4.C8H5ClO4/c1-4-2-5(8(11)12)6(9(13)14)3-7(4)10;9-4-1-2-5(7(10)11)6(3-4)8(12)13/h2-3H,1H3,(H,11,12)(H,13,14);1-3H,(H,10,11)(H,12,13). The number of halogens is 2. The molecule has 0 spiro atoms. The number of carboxylic acids is 4. The quantitative estimate of drug-likeness (QED) is 0.589. The zero-order chi connectivity index (χ0) is 20.9. The first-order valence-corrected chi connectivity index (χ1v) is 7.74. The van der Waals surface area contributed by atoms with Crippen molar-refractivity contribution in [3.05, 3.63) is 68.2 Å². The van der Waals surface area contributed by atoms with Crippen LogP contribution in [-0.2, 0) is 0 Å². The Morgan fingerprint density at radius 1 is 0.667 bits per heavy atom. The molecule has 0 unspecified atom stereocenters. The van der Waals surface area contributed by atoms with E-state index < -0.39 is 23.9 Å². The summed E-state index contributed by atoms with van der Waals surface area (Å²) in [6.45, 7) is 1.61. The third-order valence-electron chi connectivity index (χ3n) is 3.20. The van der Waals surface area contributed by atoms with Crippen LogP contribution in [0.1, 0.15) is 47.0 Å². The van der Waals surface area contributed by atoms with Crippen molar-refractivity contribution >= 4 is 47.1 Å². The topological polar surface area (TPSA) is 149 Å². The van der Waals surface area contributed by atoms with E-state index in [9.17, 15) is 19.2 Å². The molecule has 0 heterocycles. The first-order chi connectivity index (χ1) is 12.5. The highest BCUT2D eigenvalue weighted by molar-refractivity contribution is 6.32. The van der Waals surface area contributed by atoms with Crippen molar-refractivity contribution < 1.29 is 39.6 Å². The molecule has 8 nitrogen and oxygen atoms in total. The number of hydrogen-bond acceptors (Lipinski definition) is 4. The molecular weight excluding hydrogens is 403 g/mol. The van der Waals surface area contributed by atoms with E-state index in [1.54, 1.807) is 6.92 Å². The van der Waals surface area contributed by atoms with E-state index in [1.165, 1.54) is 12.1 Å². The summed E-state index contributed by atoms with van der Waals surface area (Å²) in [4.78, 5) is 42.4. The van der Waals surface area contributed by atoms with E-state index >= 15 is 0 Å². The van der Waals surface area contributed by atoms with E-state index in [0.29, 0.717) is 5.56 Å². The summed E-state index contributed by atoms with van der Waals surface area (Å²) in [5, 5.41) is 35.1. The third kappa shape index (κ3) is 5.70. The SMILES string of the molecule is Cc1cc(C(=O)O)c(C(=O)O)cc1Cl.O=C(O)c1ccc(Cl)cc1C(=O)O. The maximum Gasteiger partial charge on any atom is 0.336 e. The maximum absolute atomic E-state index is 10.7. The van der Waals surface area contributed by atoms with Gasteiger partial charge in [-0.1, -0.05) is 23.2 Å². The molecule has 0 saturated heterocycles. The van der Waals surface area contributed by atoms with Crippen molar-refractivity contribution in [2.45, 2.75) is 6.92 Å². The minimum Gasteiger partial charge on any atom is -0.478 e. The number of carboxylic acid groups (broad SMARTS) is 4. The summed E-state index contributed by atoms with van der Waals surface area (Å²) < 4.78 is 0. The maximum atomic E-state index is 10.7. The molecule has 0 aliphatic heterocycles. The molecule has 0 aromatic heterocycles. The average molecular weight is 415 g/mol. The Morgan fingerprint density at radius 3 is 1.52 bits per heavy atom. The predicted molar refractivity (Wildman–Crippen MR) is 95.5 cm³/mol. The van der Waals surface area contributed by atoms with E-state index in [-0.39, 0.29) is 32.3 Å². The minimum absolute atomic E-state index is 0.197. The lowest BCUT2D eigenvalue weighted by molar-refractivity contribution is 0.0651. The van der Waals surface area contributed by atoms with Gasteiger partial charge < -0.3 is 20.4 Å². The molecule has 0 aliphatic rings.